The Morgan fingerprint density at radius 1 is 1.32 bits per heavy atom. The average Bonchev–Trinajstić information content (AvgIpc) is 2.57. The van der Waals surface area contributed by atoms with Gasteiger partial charge in [-0.25, -0.2) is 0 Å². The number of fused-ring (bicyclic) bond motifs is 1. The largest absolute Gasteiger partial charge is 0.338 e. The maximum atomic E-state index is 12.7. The second kappa shape index (κ2) is 6.30. The molecule has 1 aliphatic rings. The molecule has 1 aromatic carbocycles. The monoisotopic (exact) mass is 299 g/mol. The van der Waals surface area contributed by atoms with Gasteiger partial charge in [-0.05, 0) is 37.8 Å². The molecule has 1 aromatic heterocycles. The molecule has 2 aromatic rings. The maximum absolute atomic E-state index is 12.7. The molecular formula is C17H21N3O2. The van der Waals surface area contributed by atoms with Gasteiger partial charge in [-0.15, -0.1) is 0 Å². The number of carbonyl (C=O) groups excluding carboxylic acids is 1. The van der Waals surface area contributed by atoms with Crippen molar-refractivity contribution in [3.8, 4) is 0 Å². The van der Waals surface area contributed by atoms with Gasteiger partial charge >= 0.3 is 0 Å². The van der Waals surface area contributed by atoms with E-state index in [-0.39, 0.29) is 17.9 Å². The Hall–Kier alpha value is -2.17. The van der Waals surface area contributed by atoms with Crippen LogP contribution in [-0.4, -0.2) is 33.2 Å². The summed E-state index contributed by atoms with van der Waals surface area (Å²) in [6.45, 7) is 3.15. The summed E-state index contributed by atoms with van der Waals surface area (Å²) in [7, 11) is 0. The molecular weight excluding hydrogens is 278 g/mol. The molecule has 1 amide bonds. The summed E-state index contributed by atoms with van der Waals surface area (Å²) in [5.41, 5.74) is 0.608. The van der Waals surface area contributed by atoms with E-state index in [0.29, 0.717) is 16.9 Å². The highest BCUT2D eigenvalue weighted by atomic mass is 16.2. The van der Waals surface area contributed by atoms with Crippen LogP contribution in [0.15, 0.2) is 35.3 Å². The smallest absolute Gasteiger partial charge is 0.244 e. The summed E-state index contributed by atoms with van der Waals surface area (Å²) >= 11 is 0. The quantitative estimate of drug-likeness (QED) is 0.873. The van der Waals surface area contributed by atoms with Crippen LogP contribution in [0.4, 0.5) is 0 Å². The molecule has 0 aliphatic carbocycles. The van der Waals surface area contributed by atoms with Gasteiger partial charge in [0.2, 0.25) is 11.3 Å². The third-order valence-corrected chi connectivity index (χ3v) is 4.47. The summed E-state index contributed by atoms with van der Waals surface area (Å²) < 4.78 is 1.64. The molecule has 0 radical (unpaired) electrons. The van der Waals surface area contributed by atoms with Crippen molar-refractivity contribution in [2.24, 2.45) is 0 Å². The van der Waals surface area contributed by atoms with Crippen LogP contribution >= 0.6 is 0 Å². The number of amides is 1. The number of likely N-dealkylation sites (tertiary alicyclic amines) is 1. The van der Waals surface area contributed by atoms with Crippen molar-refractivity contribution in [1.29, 1.82) is 0 Å². The van der Waals surface area contributed by atoms with E-state index in [1.165, 1.54) is 12.6 Å². The fourth-order valence-corrected chi connectivity index (χ4v) is 3.26. The van der Waals surface area contributed by atoms with E-state index in [2.05, 4.69) is 12.0 Å². The molecule has 0 N–H and O–H groups in total. The lowest BCUT2D eigenvalue weighted by Crippen LogP contribution is -2.45. The van der Waals surface area contributed by atoms with E-state index in [1.807, 2.05) is 23.1 Å². The van der Waals surface area contributed by atoms with Gasteiger partial charge in [0.05, 0.1) is 11.7 Å². The van der Waals surface area contributed by atoms with Crippen molar-refractivity contribution in [3.63, 3.8) is 0 Å². The number of carbonyl (C=O) groups is 1. The molecule has 116 valence electrons. The van der Waals surface area contributed by atoms with Gasteiger partial charge in [0.15, 0.2) is 0 Å². The highest BCUT2D eigenvalue weighted by Gasteiger charge is 2.25. The Bertz CT molecular complexity index is 738. The first-order chi connectivity index (χ1) is 10.7. The minimum absolute atomic E-state index is 0.0906. The Morgan fingerprint density at radius 2 is 2.14 bits per heavy atom. The Balaban J connectivity index is 1.88. The van der Waals surface area contributed by atoms with E-state index in [0.717, 1.165) is 25.8 Å². The van der Waals surface area contributed by atoms with Gasteiger partial charge in [-0.1, -0.05) is 19.1 Å². The normalized spacial score (nSPS) is 18.6. The molecule has 1 atom stereocenters. The minimum atomic E-state index is -0.108. The van der Waals surface area contributed by atoms with Crippen molar-refractivity contribution >= 4 is 16.8 Å². The van der Waals surface area contributed by atoms with Crippen molar-refractivity contribution < 1.29 is 4.79 Å². The molecule has 0 unspecified atom stereocenters. The Kier molecular flexibility index (Phi) is 4.22. The molecule has 0 bridgehead atoms. The van der Waals surface area contributed by atoms with Gasteiger partial charge in [0.1, 0.15) is 6.54 Å². The molecule has 5 nitrogen and oxygen atoms in total. The lowest BCUT2D eigenvalue weighted by atomic mass is 10.00. The van der Waals surface area contributed by atoms with Crippen molar-refractivity contribution in [1.82, 2.24) is 14.7 Å². The van der Waals surface area contributed by atoms with E-state index < -0.39 is 0 Å². The van der Waals surface area contributed by atoms with E-state index >= 15 is 0 Å². The summed E-state index contributed by atoms with van der Waals surface area (Å²) in [5.74, 6) is 0.0906. The molecule has 2 heterocycles. The third-order valence-electron chi connectivity index (χ3n) is 4.47. The standard InChI is InChI=1S/C17H21N3O2/c1-2-13-7-5-6-10-19(13)17(22)12-20-15-9-4-3-8-14(15)16(21)11-18-20/h3-4,8-9,11,13H,2,5-7,10,12H2,1H3/t13-/m0/s1. The van der Waals surface area contributed by atoms with Gasteiger partial charge in [0, 0.05) is 18.0 Å². The first-order valence-electron chi connectivity index (χ1n) is 7.95. The van der Waals surface area contributed by atoms with Gasteiger partial charge in [-0.3, -0.25) is 14.3 Å². The highest BCUT2D eigenvalue weighted by molar-refractivity contribution is 5.81. The van der Waals surface area contributed by atoms with Crippen LogP contribution in [0.2, 0.25) is 0 Å². The minimum Gasteiger partial charge on any atom is -0.338 e. The molecule has 0 saturated carbocycles. The number of nitrogens with zero attached hydrogens (tertiary/aromatic N) is 3. The van der Waals surface area contributed by atoms with Gasteiger partial charge in [-0.2, -0.15) is 5.10 Å². The number of para-hydroxylation sites is 1. The summed E-state index contributed by atoms with van der Waals surface area (Å²) in [6, 6.07) is 7.64. The zero-order valence-electron chi connectivity index (χ0n) is 12.9. The zero-order chi connectivity index (χ0) is 15.5. The van der Waals surface area contributed by atoms with Crippen LogP contribution in [0, 0.1) is 0 Å². The van der Waals surface area contributed by atoms with E-state index in [9.17, 15) is 9.59 Å². The molecule has 1 saturated heterocycles. The second-order valence-corrected chi connectivity index (χ2v) is 5.83. The van der Waals surface area contributed by atoms with E-state index in [1.54, 1.807) is 10.7 Å². The molecule has 3 rings (SSSR count). The summed E-state index contributed by atoms with van der Waals surface area (Å²) in [5, 5.41) is 4.76. The van der Waals surface area contributed by atoms with Crippen LogP contribution in [0.5, 0.6) is 0 Å². The summed E-state index contributed by atoms with van der Waals surface area (Å²) in [6.07, 6.45) is 5.63. The van der Waals surface area contributed by atoms with Crippen LogP contribution in [0.25, 0.3) is 10.9 Å². The SMILES string of the molecule is CC[C@H]1CCCCN1C(=O)Cn1ncc(=O)c2ccccc21. The fourth-order valence-electron chi connectivity index (χ4n) is 3.26. The lowest BCUT2D eigenvalue weighted by molar-refractivity contribution is -0.135. The number of hydrogen-bond acceptors (Lipinski definition) is 3. The molecule has 1 fully saturated rings. The Labute approximate surface area is 129 Å². The molecule has 5 heteroatoms. The Morgan fingerprint density at radius 3 is 2.95 bits per heavy atom. The van der Waals surface area contributed by atoms with Crippen molar-refractivity contribution in [2.45, 2.75) is 45.2 Å². The average molecular weight is 299 g/mol. The van der Waals surface area contributed by atoms with Crippen LogP contribution in [-0.2, 0) is 11.3 Å². The number of aromatic nitrogens is 2. The number of rotatable bonds is 3. The van der Waals surface area contributed by atoms with Gasteiger partial charge < -0.3 is 4.90 Å². The molecule has 0 spiro atoms. The van der Waals surface area contributed by atoms with Crippen molar-refractivity contribution in [3.05, 3.63) is 40.7 Å². The van der Waals surface area contributed by atoms with Gasteiger partial charge in [0.25, 0.3) is 0 Å². The number of hydrogen-bond donors (Lipinski definition) is 0. The van der Waals surface area contributed by atoms with Crippen molar-refractivity contribution in [2.75, 3.05) is 6.54 Å². The number of piperidine rings is 1. The fraction of sp³-hybridized carbons (Fsp3) is 0.471. The molecule has 1 aliphatic heterocycles. The number of benzene rings is 1. The maximum Gasteiger partial charge on any atom is 0.244 e. The predicted octanol–water partition coefficient (Wildman–Crippen LogP) is 2.19. The first-order valence-corrected chi connectivity index (χ1v) is 7.95. The molecule has 22 heavy (non-hydrogen) atoms. The third kappa shape index (κ3) is 2.75. The lowest BCUT2D eigenvalue weighted by Gasteiger charge is -2.35. The predicted molar refractivity (Wildman–Crippen MR) is 85.6 cm³/mol. The van der Waals surface area contributed by atoms with Crippen LogP contribution < -0.4 is 5.43 Å². The first kappa shape index (κ1) is 14.8. The van der Waals surface area contributed by atoms with E-state index in [4.69, 9.17) is 0 Å². The highest BCUT2D eigenvalue weighted by Crippen LogP contribution is 2.20. The zero-order valence-corrected chi connectivity index (χ0v) is 12.9. The summed E-state index contributed by atoms with van der Waals surface area (Å²) in [4.78, 5) is 26.5. The van der Waals surface area contributed by atoms with Crippen LogP contribution in [0.3, 0.4) is 0 Å². The topological polar surface area (TPSA) is 55.2 Å². The van der Waals surface area contributed by atoms with Crippen LogP contribution in [0.1, 0.15) is 32.6 Å². The second-order valence-electron chi connectivity index (χ2n) is 5.83.